The Balaban J connectivity index is 1.68. The van der Waals surface area contributed by atoms with Crippen molar-refractivity contribution in [1.29, 1.82) is 0 Å². The lowest BCUT2D eigenvalue weighted by Gasteiger charge is -2.60. The maximum atomic E-state index is 13.3. The van der Waals surface area contributed by atoms with Gasteiger partial charge in [0, 0.05) is 31.6 Å². The van der Waals surface area contributed by atoms with Gasteiger partial charge in [0.2, 0.25) is 5.91 Å². The smallest absolute Gasteiger partial charge is 0.246 e. The van der Waals surface area contributed by atoms with Gasteiger partial charge in [0.1, 0.15) is 0 Å². The number of fused-ring (bicyclic) bond motifs is 5. The summed E-state index contributed by atoms with van der Waals surface area (Å²) in [6, 6.07) is -0.214. The molecular formula is C28H43NO7. The van der Waals surface area contributed by atoms with E-state index < -0.39 is 34.9 Å². The molecule has 4 rings (SSSR count). The van der Waals surface area contributed by atoms with Crippen LogP contribution in [-0.4, -0.2) is 82.8 Å². The van der Waals surface area contributed by atoms with Crippen molar-refractivity contribution in [2.45, 2.75) is 89.4 Å². The van der Waals surface area contributed by atoms with Gasteiger partial charge in [-0.3, -0.25) is 9.59 Å². The summed E-state index contributed by atoms with van der Waals surface area (Å²) in [7, 11) is 3.07. The number of rotatable bonds is 7. The number of nitrogens with zero attached hydrogens (tertiary/aromatic N) is 1. The first-order chi connectivity index (χ1) is 16.9. The van der Waals surface area contributed by atoms with Gasteiger partial charge in [0.05, 0.1) is 24.4 Å². The number of allylic oxidation sites excluding steroid dienone is 1. The fourth-order valence-electron chi connectivity index (χ4n) is 8.38. The van der Waals surface area contributed by atoms with Crippen molar-refractivity contribution in [2.24, 2.45) is 28.6 Å². The molecule has 8 heteroatoms. The highest BCUT2D eigenvalue weighted by Crippen LogP contribution is 2.67. The molecule has 0 radical (unpaired) electrons. The second-order valence-electron chi connectivity index (χ2n) is 12.0. The Morgan fingerprint density at radius 2 is 1.86 bits per heavy atom. The van der Waals surface area contributed by atoms with Crippen LogP contribution in [0, 0.1) is 28.6 Å². The highest BCUT2D eigenvalue weighted by molar-refractivity contribution is 5.95. The molecule has 0 bridgehead atoms. The van der Waals surface area contributed by atoms with Crippen molar-refractivity contribution < 1.29 is 34.4 Å². The van der Waals surface area contributed by atoms with Gasteiger partial charge in [0.25, 0.3) is 0 Å². The van der Waals surface area contributed by atoms with Crippen molar-refractivity contribution >= 4 is 11.7 Å². The zero-order valence-electron chi connectivity index (χ0n) is 22.3. The molecule has 4 aliphatic carbocycles. The molecule has 0 spiro atoms. The van der Waals surface area contributed by atoms with Crippen molar-refractivity contribution in [3.63, 3.8) is 0 Å². The topological polar surface area (TPSA) is 117 Å². The van der Waals surface area contributed by atoms with Crippen molar-refractivity contribution in [3.8, 4) is 0 Å². The standard InChI is InChI=1S/C28H43NO7/c1-7-24(33)29(15-25(35-5)36-6)16(2)17-9-11-28(34)19-12-21(30)20-13-22(31)23(32)14-26(20,3)18(19)8-10-27(17,28)4/h7,12,16-18,20,22-23,25,31-32,34H,1,8-11,13-15H2,2-6H3/t16?,17-,18?,20+,22-,23+,26-,27-,28-/m1/s1. The SMILES string of the molecule is C=CC(=O)N(CC(OC)OC)C(C)[C@H]1CC[C@@]2(O)C3=CC(=O)[C@@H]4C[C@@H](O)[C@@H](O)C[C@]4(C)C3CC[C@]12C. The van der Waals surface area contributed by atoms with E-state index in [1.54, 1.807) is 11.0 Å². The van der Waals surface area contributed by atoms with E-state index in [1.807, 2.05) is 13.8 Å². The molecule has 3 N–H and O–H groups in total. The molecule has 202 valence electrons. The molecule has 0 aliphatic heterocycles. The normalized spacial score (nSPS) is 42.8. The van der Waals surface area contributed by atoms with Crippen molar-refractivity contribution in [2.75, 3.05) is 20.8 Å². The number of aliphatic hydroxyl groups is 3. The zero-order valence-corrected chi connectivity index (χ0v) is 22.3. The highest BCUT2D eigenvalue weighted by atomic mass is 16.7. The first-order valence-corrected chi connectivity index (χ1v) is 13.2. The van der Waals surface area contributed by atoms with Crippen LogP contribution in [-0.2, 0) is 19.1 Å². The minimum atomic E-state index is -1.18. The van der Waals surface area contributed by atoms with Crippen LogP contribution in [0.25, 0.3) is 0 Å². The number of methoxy groups -OCH3 is 2. The molecule has 0 heterocycles. The summed E-state index contributed by atoms with van der Waals surface area (Å²) in [5.41, 5.74) is -1.44. The van der Waals surface area contributed by atoms with E-state index in [2.05, 4.69) is 13.5 Å². The Morgan fingerprint density at radius 1 is 1.19 bits per heavy atom. The predicted octanol–water partition coefficient (Wildman–Crippen LogP) is 2.21. The molecule has 0 aromatic carbocycles. The summed E-state index contributed by atoms with van der Waals surface area (Å²) in [6.07, 6.45) is 3.95. The van der Waals surface area contributed by atoms with Crippen LogP contribution >= 0.6 is 0 Å². The number of ether oxygens (including phenoxy) is 2. The van der Waals surface area contributed by atoms with Gasteiger partial charge >= 0.3 is 0 Å². The third kappa shape index (κ3) is 3.91. The molecular weight excluding hydrogens is 462 g/mol. The van der Waals surface area contributed by atoms with E-state index in [4.69, 9.17) is 9.47 Å². The summed E-state index contributed by atoms with van der Waals surface area (Å²) < 4.78 is 10.7. The quantitative estimate of drug-likeness (QED) is 0.359. The van der Waals surface area contributed by atoms with E-state index in [1.165, 1.54) is 20.3 Å². The predicted molar refractivity (Wildman–Crippen MR) is 134 cm³/mol. The third-order valence-electron chi connectivity index (χ3n) is 10.6. The summed E-state index contributed by atoms with van der Waals surface area (Å²) in [5.74, 6) is -0.676. The van der Waals surface area contributed by atoms with Gasteiger partial charge in [-0.2, -0.15) is 0 Å². The first kappa shape index (κ1) is 27.5. The molecule has 1 amide bonds. The minimum Gasteiger partial charge on any atom is -0.390 e. The lowest BCUT2D eigenvalue weighted by Crippen LogP contribution is -2.61. The summed E-state index contributed by atoms with van der Waals surface area (Å²) in [4.78, 5) is 27.9. The Labute approximate surface area is 214 Å². The van der Waals surface area contributed by atoms with Gasteiger partial charge in [-0.05, 0) is 80.4 Å². The molecule has 9 atom stereocenters. The van der Waals surface area contributed by atoms with E-state index in [0.717, 1.165) is 18.4 Å². The number of hydrogen-bond acceptors (Lipinski definition) is 7. The number of aliphatic hydroxyl groups excluding tert-OH is 2. The van der Waals surface area contributed by atoms with Gasteiger partial charge in [0.15, 0.2) is 12.1 Å². The summed E-state index contributed by atoms with van der Waals surface area (Å²) in [5, 5.41) is 33.2. The number of hydrogen-bond donors (Lipinski definition) is 3. The highest BCUT2D eigenvalue weighted by Gasteiger charge is 2.67. The Hall–Kier alpha value is -1.58. The van der Waals surface area contributed by atoms with Crippen LogP contribution in [0.2, 0.25) is 0 Å². The largest absolute Gasteiger partial charge is 0.390 e. The lowest BCUT2D eigenvalue weighted by molar-refractivity contribution is -0.158. The molecule has 36 heavy (non-hydrogen) atoms. The molecule has 4 aliphatic rings. The molecule has 2 unspecified atom stereocenters. The average molecular weight is 506 g/mol. The second kappa shape index (κ2) is 9.62. The Bertz CT molecular complexity index is 931. The maximum Gasteiger partial charge on any atom is 0.246 e. The molecule has 8 nitrogen and oxygen atoms in total. The Morgan fingerprint density at radius 3 is 2.47 bits per heavy atom. The van der Waals surface area contributed by atoms with E-state index in [9.17, 15) is 24.9 Å². The van der Waals surface area contributed by atoms with Crippen molar-refractivity contribution in [1.82, 2.24) is 4.90 Å². The van der Waals surface area contributed by atoms with E-state index in [0.29, 0.717) is 19.3 Å². The molecule has 0 aromatic rings. The van der Waals surface area contributed by atoms with Gasteiger partial charge in [-0.15, -0.1) is 0 Å². The number of ketones is 1. The Kier molecular flexibility index (Phi) is 7.34. The van der Waals surface area contributed by atoms with Gasteiger partial charge in [-0.1, -0.05) is 20.4 Å². The monoisotopic (exact) mass is 505 g/mol. The summed E-state index contributed by atoms with van der Waals surface area (Å²) >= 11 is 0. The molecule has 0 aromatic heterocycles. The van der Waals surface area contributed by atoms with Gasteiger partial charge in [-0.25, -0.2) is 0 Å². The summed E-state index contributed by atoms with van der Waals surface area (Å²) in [6.45, 7) is 10.1. The molecule has 3 fully saturated rings. The number of carbonyl (C=O) groups excluding carboxylic acids is 2. The second-order valence-corrected chi connectivity index (χ2v) is 12.0. The first-order valence-electron chi connectivity index (χ1n) is 13.2. The lowest BCUT2D eigenvalue weighted by atomic mass is 9.46. The maximum absolute atomic E-state index is 13.3. The van der Waals surface area contributed by atoms with Crippen LogP contribution in [0.15, 0.2) is 24.3 Å². The fourth-order valence-corrected chi connectivity index (χ4v) is 8.38. The minimum absolute atomic E-state index is 0.0120. The van der Waals surface area contributed by atoms with E-state index in [-0.39, 0.29) is 48.5 Å². The molecule has 0 saturated heterocycles. The van der Waals surface area contributed by atoms with E-state index >= 15 is 0 Å². The van der Waals surface area contributed by atoms with Crippen LogP contribution in [0.4, 0.5) is 0 Å². The van der Waals surface area contributed by atoms with Crippen LogP contribution in [0.1, 0.15) is 59.3 Å². The van der Waals surface area contributed by atoms with Gasteiger partial charge < -0.3 is 29.7 Å². The number of amides is 1. The van der Waals surface area contributed by atoms with Crippen LogP contribution < -0.4 is 0 Å². The third-order valence-corrected chi connectivity index (χ3v) is 10.6. The molecule has 3 saturated carbocycles. The fraction of sp³-hybridized carbons (Fsp3) is 0.786. The average Bonchev–Trinajstić information content (AvgIpc) is 3.12. The number of carbonyl (C=O) groups is 2. The van der Waals surface area contributed by atoms with Crippen molar-refractivity contribution in [3.05, 3.63) is 24.3 Å². The zero-order chi connectivity index (χ0) is 26.6. The van der Waals surface area contributed by atoms with Crippen LogP contribution in [0.5, 0.6) is 0 Å². The van der Waals surface area contributed by atoms with Crippen LogP contribution in [0.3, 0.4) is 0 Å².